The van der Waals surface area contributed by atoms with Gasteiger partial charge < -0.3 is 14.7 Å². The minimum Gasteiger partial charge on any atom is -0.349 e. The predicted molar refractivity (Wildman–Crippen MR) is 34.7 cm³/mol. The highest BCUT2D eigenvalue weighted by molar-refractivity contribution is 7.45. The van der Waals surface area contributed by atoms with Crippen LogP contribution < -0.4 is 0 Å². The number of hydrogen-bond acceptors (Lipinski definition) is 3. The maximum atomic E-state index is 10.4. The maximum absolute atomic E-state index is 10.4. The van der Waals surface area contributed by atoms with E-state index in [0.717, 1.165) is 0 Å². The Morgan fingerprint density at radius 3 is 2.22 bits per heavy atom. The van der Waals surface area contributed by atoms with Crippen LogP contribution in [0.4, 0.5) is 0 Å². The summed E-state index contributed by atoms with van der Waals surface area (Å²) in [7, 11) is -0.449. The molecule has 4 nitrogen and oxygen atoms in total. The second-order valence-corrected chi connectivity index (χ2v) is 2.76. The van der Waals surface area contributed by atoms with Crippen LogP contribution in [0.25, 0.3) is 0 Å². The molecule has 2 N–H and O–H groups in total. The van der Waals surface area contributed by atoms with E-state index in [0.29, 0.717) is 0 Å². The van der Waals surface area contributed by atoms with Crippen LogP contribution >= 0.6 is 8.38 Å². The third kappa shape index (κ3) is 4.33. The average Bonchev–Trinajstić information content (AvgIpc) is 1.63. The Bertz CT molecular complexity index is 106. The SMILES string of the molecule is CC(=O)N(C)CP(O)O. The van der Waals surface area contributed by atoms with E-state index in [1.807, 2.05) is 0 Å². The number of rotatable bonds is 2. The number of nitrogens with zero attached hydrogens (tertiary/aromatic N) is 1. The molecule has 0 aliphatic rings. The summed E-state index contributed by atoms with van der Waals surface area (Å²) in [6, 6.07) is 0. The van der Waals surface area contributed by atoms with E-state index < -0.39 is 8.38 Å². The van der Waals surface area contributed by atoms with E-state index in [-0.39, 0.29) is 12.2 Å². The molecular weight excluding hydrogens is 141 g/mol. The summed E-state index contributed by atoms with van der Waals surface area (Å²) < 4.78 is 0. The van der Waals surface area contributed by atoms with Crippen LogP contribution in [-0.2, 0) is 4.79 Å². The molecule has 0 saturated heterocycles. The topological polar surface area (TPSA) is 60.8 Å². The summed E-state index contributed by atoms with van der Waals surface area (Å²) in [4.78, 5) is 28.4. The molecule has 0 aliphatic carbocycles. The molecule has 0 fully saturated rings. The average molecular weight is 151 g/mol. The Kier molecular flexibility index (Phi) is 3.70. The van der Waals surface area contributed by atoms with Gasteiger partial charge in [0.2, 0.25) is 5.91 Å². The van der Waals surface area contributed by atoms with E-state index in [1.165, 1.54) is 18.9 Å². The van der Waals surface area contributed by atoms with Gasteiger partial charge in [-0.1, -0.05) is 0 Å². The molecule has 0 rings (SSSR count). The van der Waals surface area contributed by atoms with Crippen LogP contribution in [-0.4, -0.2) is 33.9 Å². The van der Waals surface area contributed by atoms with Crippen LogP contribution in [0.2, 0.25) is 0 Å². The van der Waals surface area contributed by atoms with Crippen LogP contribution in [0.3, 0.4) is 0 Å². The number of amides is 1. The third-order valence-corrected chi connectivity index (χ3v) is 1.55. The first kappa shape index (κ1) is 8.82. The van der Waals surface area contributed by atoms with Crippen molar-refractivity contribution >= 4 is 14.3 Å². The summed E-state index contributed by atoms with van der Waals surface area (Å²) in [5.74, 6) is -0.161. The molecule has 9 heavy (non-hydrogen) atoms. The van der Waals surface area contributed by atoms with Crippen LogP contribution in [0, 0.1) is 0 Å². The molecule has 0 spiro atoms. The Balaban J connectivity index is 3.50. The lowest BCUT2D eigenvalue weighted by atomic mass is 10.6. The van der Waals surface area contributed by atoms with Gasteiger partial charge in [0.05, 0.1) is 6.29 Å². The van der Waals surface area contributed by atoms with Crippen molar-refractivity contribution in [3.8, 4) is 0 Å². The summed E-state index contributed by atoms with van der Waals surface area (Å²) >= 11 is 0. The molecule has 0 atom stereocenters. The molecule has 0 heterocycles. The van der Waals surface area contributed by atoms with Gasteiger partial charge in [-0.05, 0) is 0 Å². The Morgan fingerprint density at radius 1 is 1.67 bits per heavy atom. The van der Waals surface area contributed by atoms with Crippen molar-refractivity contribution in [3.63, 3.8) is 0 Å². The first-order valence-corrected chi connectivity index (χ1v) is 3.84. The van der Waals surface area contributed by atoms with Crippen molar-refractivity contribution < 1.29 is 14.6 Å². The fraction of sp³-hybridized carbons (Fsp3) is 0.750. The monoisotopic (exact) mass is 151 g/mol. The molecular formula is C4H10NO3P. The highest BCUT2D eigenvalue weighted by Crippen LogP contribution is 2.22. The highest BCUT2D eigenvalue weighted by Gasteiger charge is 2.05. The van der Waals surface area contributed by atoms with E-state index >= 15 is 0 Å². The van der Waals surface area contributed by atoms with Gasteiger partial charge >= 0.3 is 0 Å². The summed E-state index contributed by atoms with van der Waals surface area (Å²) in [6.07, 6.45) is 0.0324. The smallest absolute Gasteiger partial charge is 0.219 e. The molecule has 5 heteroatoms. The number of carbonyl (C=O) groups excluding carboxylic acids is 1. The minimum atomic E-state index is -1.97. The molecule has 0 saturated carbocycles. The zero-order chi connectivity index (χ0) is 7.44. The predicted octanol–water partition coefficient (Wildman–Crippen LogP) is -0.281. The first-order valence-electron chi connectivity index (χ1n) is 2.41. The summed E-state index contributed by atoms with van der Waals surface area (Å²) in [5.41, 5.74) is 0. The van der Waals surface area contributed by atoms with Crippen molar-refractivity contribution in [2.45, 2.75) is 6.92 Å². The third-order valence-electron chi connectivity index (χ3n) is 0.876. The molecule has 0 aromatic rings. The van der Waals surface area contributed by atoms with Gasteiger partial charge in [0.1, 0.15) is 0 Å². The van der Waals surface area contributed by atoms with Gasteiger partial charge in [-0.15, -0.1) is 0 Å². The number of hydrogen-bond donors (Lipinski definition) is 2. The van der Waals surface area contributed by atoms with Gasteiger partial charge in [-0.25, -0.2) is 0 Å². The molecule has 0 radical (unpaired) electrons. The maximum Gasteiger partial charge on any atom is 0.219 e. The van der Waals surface area contributed by atoms with E-state index in [2.05, 4.69) is 0 Å². The minimum absolute atomic E-state index is 0.0324. The van der Waals surface area contributed by atoms with E-state index in [4.69, 9.17) is 9.79 Å². The standard InChI is InChI=1S/C4H10NO3P/c1-4(6)5(2)3-9(7)8/h7-8H,3H2,1-2H3. The van der Waals surface area contributed by atoms with Crippen LogP contribution in [0.15, 0.2) is 0 Å². The molecule has 0 aromatic heterocycles. The lowest BCUT2D eigenvalue weighted by Crippen LogP contribution is -2.23. The molecule has 0 aromatic carbocycles. The molecule has 0 bridgehead atoms. The van der Waals surface area contributed by atoms with Gasteiger partial charge in [-0.3, -0.25) is 4.79 Å². The summed E-state index contributed by atoms with van der Waals surface area (Å²) in [5, 5.41) is 0. The Labute approximate surface area is 55.0 Å². The van der Waals surface area contributed by atoms with E-state index in [1.54, 1.807) is 0 Å². The quantitative estimate of drug-likeness (QED) is 0.533. The van der Waals surface area contributed by atoms with Gasteiger partial charge in [-0.2, -0.15) is 0 Å². The molecule has 0 aliphatic heterocycles. The van der Waals surface area contributed by atoms with Gasteiger partial charge in [0, 0.05) is 14.0 Å². The van der Waals surface area contributed by atoms with Crippen LogP contribution in [0.1, 0.15) is 6.92 Å². The largest absolute Gasteiger partial charge is 0.349 e. The second-order valence-electron chi connectivity index (χ2n) is 1.73. The molecule has 1 amide bonds. The van der Waals surface area contributed by atoms with Crippen molar-refractivity contribution in [2.75, 3.05) is 13.3 Å². The fourth-order valence-electron chi connectivity index (χ4n) is 0.289. The van der Waals surface area contributed by atoms with Crippen molar-refractivity contribution in [2.24, 2.45) is 0 Å². The van der Waals surface area contributed by atoms with Crippen LogP contribution in [0.5, 0.6) is 0 Å². The number of carbonyl (C=O) groups is 1. The lowest BCUT2D eigenvalue weighted by molar-refractivity contribution is -0.126. The van der Waals surface area contributed by atoms with Gasteiger partial charge in [0.25, 0.3) is 0 Å². The zero-order valence-electron chi connectivity index (χ0n) is 5.40. The normalized spacial score (nSPS) is 9.89. The molecule has 54 valence electrons. The van der Waals surface area contributed by atoms with Crippen molar-refractivity contribution in [1.29, 1.82) is 0 Å². The van der Waals surface area contributed by atoms with Crippen molar-refractivity contribution in [3.05, 3.63) is 0 Å². The zero-order valence-corrected chi connectivity index (χ0v) is 6.30. The van der Waals surface area contributed by atoms with Gasteiger partial charge in [0.15, 0.2) is 8.38 Å². The Hall–Kier alpha value is -0.180. The Morgan fingerprint density at radius 2 is 2.11 bits per heavy atom. The van der Waals surface area contributed by atoms with E-state index in [9.17, 15) is 4.79 Å². The van der Waals surface area contributed by atoms with Crippen molar-refractivity contribution in [1.82, 2.24) is 4.90 Å². The summed E-state index contributed by atoms with van der Waals surface area (Å²) in [6.45, 7) is 1.37. The first-order chi connectivity index (χ1) is 4.04. The fourth-order valence-corrected chi connectivity index (χ4v) is 0.868. The lowest BCUT2D eigenvalue weighted by Gasteiger charge is -2.14. The highest BCUT2D eigenvalue weighted by atomic mass is 31.2. The second kappa shape index (κ2) is 3.77. The molecule has 0 unspecified atom stereocenters.